The molecule has 34 heavy (non-hydrogen) atoms. The minimum absolute atomic E-state index is 0. The van der Waals surface area contributed by atoms with Gasteiger partial charge in [-0.25, -0.2) is 0 Å². The summed E-state index contributed by atoms with van der Waals surface area (Å²) in [4.78, 5) is 19.6. The molecule has 1 saturated heterocycles. The molecule has 0 saturated carbocycles. The third kappa shape index (κ3) is 5.28. The lowest BCUT2D eigenvalue weighted by Gasteiger charge is -2.34. The van der Waals surface area contributed by atoms with Crippen molar-refractivity contribution < 1.29 is 9.21 Å². The summed E-state index contributed by atoms with van der Waals surface area (Å²) in [6, 6.07) is 14.8. The average molecular weight is 502 g/mol. The number of rotatable bonds is 5. The number of furan rings is 1. The summed E-state index contributed by atoms with van der Waals surface area (Å²) >= 11 is 5.98. The van der Waals surface area contributed by atoms with Crippen LogP contribution in [0.5, 0.6) is 0 Å². The summed E-state index contributed by atoms with van der Waals surface area (Å²) in [5.74, 6) is 1.26. The van der Waals surface area contributed by atoms with Crippen molar-refractivity contribution in [2.24, 2.45) is 0 Å². The van der Waals surface area contributed by atoms with Crippen molar-refractivity contribution in [2.75, 3.05) is 37.6 Å². The van der Waals surface area contributed by atoms with Gasteiger partial charge in [0.05, 0.1) is 6.54 Å². The van der Waals surface area contributed by atoms with Gasteiger partial charge in [-0.05, 0) is 63.1 Å². The molecule has 2 aromatic carbocycles. The number of hydrogen-bond acceptors (Lipinski definition) is 4. The minimum atomic E-state index is 0. The summed E-state index contributed by atoms with van der Waals surface area (Å²) in [5, 5.41) is 1.94. The molecule has 0 bridgehead atoms. The first-order valence-electron chi connectivity index (χ1n) is 12.0. The van der Waals surface area contributed by atoms with Crippen molar-refractivity contribution in [3.05, 3.63) is 64.4 Å². The molecule has 1 aromatic heterocycles. The number of carbonyl (C=O) groups is 1. The molecule has 2 aliphatic heterocycles. The quantitative estimate of drug-likeness (QED) is 0.458. The molecule has 0 aliphatic carbocycles. The molecule has 0 unspecified atom stereocenters. The van der Waals surface area contributed by atoms with E-state index < -0.39 is 0 Å². The Morgan fingerprint density at radius 1 is 1.03 bits per heavy atom. The fourth-order valence-electron chi connectivity index (χ4n) is 5.02. The molecule has 0 spiro atoms. The van der Waals surface area contributed by atoms with E-state index in [1.54, 1.807) is 0 Å². The molecule has 0 radical (unpaired) electrons. The van der Waals surface area contributed by atoms with Gasteiger partial charge in [-0.3, -0.25) is 14.6 Å². The van der Waals surface area contributed by atoms with E-state index in [0.29, 0.717) is 19.1 Å². The van der Waals surface area contributed by atoms with Crippen LogP contribution in [-0.4, -0.2) is 54.5 Å². The molecule has 5 rings (SSSR count). The highest BCUT2D eigenvalue weighted by Crippen LogP contribution is 2.33. The van der Waals surface area contributed by atoms with Gasteiger partial charge in [0.1, 0.15) is 11.3 Å². The van der Waals surface area contributed by atoms with E-state index in [4.69, 9.17) is 16.0 Å². The van der Waals surface area contributed by atoms with Gasteiger partial charge in [-0.15, -0.1) is 12.4 Å². The molecule has 0 atom stereocenters. The summed E-state index contributed by atoms with van der Waals surface area (Å²) in [7, 11) is 0. The maximum atomic E-state index is 13.0. The highest BCUT2D eigenvalue weighted by atomic mass is 35.5. The fraction of sp³-hybridized carbons (Fsp3) is 0.444. The van der Waals surface area contributed by atoms with E-state index in [1.807, 2.05) is 17.0 Å². The smallest absolute Gasteiger partial charge is 0.241 e. The van der Waals surface area contributed by atoms with E-state index >= 15 is 0 Å². The Labute approximate surface area is 213 Å². The van der Waals surface area contributed by atoms with E-state index in [1.165, 1.54) is 16.5 Å². The SMILES string of the molecule is CC(C)N1CCCc2oc3cc(N4CCN(CCc5ccc(Cl)cc5)CC4=O)ccc3c2C1.Cl. The summed E-state index contributed by atoms with van der Waals surface area (Å²) in [5.41, 5.74) is 4.41. The summed E-state index contributed by atoms with van der Waals surface area (Å²) < 4.78 is 6.30. The van der Waals surface area contributed by atoms with Crippen LogP contribution in [0, 0.1) is 0 Å². The molecule has 7 heteroatoms. The Morgan fingerprint density at radius 2 is 1.82 bits per heavy atom. The highest BCUT2D eigenvalue weighted by molar-refractivity contribution is 6.30. The van der Waals surface area contributed by atoms with E-state index in [-0.39, 0.29) is 18.3 Å². The zero-order chi connectivity index (χ0) is 22.9. The van der Waals surface area contributed by atoms with E-state index in [9.17, 15) is 4.79 Å². The van der Waals surface area contributed by atoms with Crippen LogP contribution >= 0.6 is 24.0 Å². The lowest BCUT2D eigenvalue weighted by molar-refractivity contribution is -0.121. The van der Waals surface area contributed by atoms with Crippen molar-refractivity contribution in [3.8, 4) is 0 Å². The first kappa shape index (κ1) is 25.1. The van der Waals surface area contributed by atoms with Gasteiger partial charge < -0.3 is 9.32 Å². The molecule has 5 nitrogen and oxygen atoms in total. The second-order valence-electron chi connectivity index (χ2n) is 9.55. The predicted octanol–water partition coefficient (Wildman–Crippen LogP) is 5.56. The Morgan fingerprint density at radius 3 is 2.56 bits per heavy atom. The third-order valence-corrected chi connectivity index (χ3v) is 7.29. The number of hydrogen-bond donors (Lipinski definition) is 0. The number of amides is 1. The lowest BCUT2D eigenvalue weighted by atomic mass is 10.1. The van der Waals surface area contributed by atoms with Crippen LogP contribution < -0.4 is 4.90 Å². The topological polar surface area (TPSA) is 39.9 Å². The second-order valence-corrected chi connectivity index (χ2v) is 9.99. The fourth-order valence-corrected chi connectivity index (χ4v) is 5.15. The van der Waals surface area contributed by atoms with Crippen LogP contribution in [0.2, 0.25) is 5.02 Å². The van der Waals surface area contributed by atoms with Crippen LogP contribution in [-0.2, 0) is 24.2 Å². The number of fused-ring (bicyclic) bond motifs is 3. The van der Waals surface area contributed by atoms with Gasteiger partial charge in [0.25, 0.3) is 0 Å². The Balaban J connectivity index is 0.00000274. The van der Waals surface area contributed by atoms with Gasteiger partial charge >= 0.3 is 0 Å². The molecular weight excluding hydrogens is 469 g/mol. The molecule has 182 valence electrons. The Kier molecular flexibility index (Phi) is 7.88. The van der Waals surface area contributed by atoms with Crippen molar-refractivity contribution in [1.82, 2.24) is 9.80 Å². The number of anilines is 1. The summed E-state index contributed by atoms with van der Waals surface area (Å²) in [6.07, 6.45) is 3.02. The Hall–Kier alpha value is -2.05. The number of nitrogens with zero attached hydrogens (tertiary/aromatic N) is 3. The van der Waals surface area contributed by atoms with Crippen molar-refractivity contribution in [3.63, 3.8) is 0 Å². The van der Waals surface area contributed by atoms with Gasteiger partial charge in [0.15, 0.2) is 0 Å². The minimum Gasteiger partial charge on any atom is -0.461 e. The second kappa shape index (κ2) is 10.7. The third-order valence-electron chi connectivity index (χ3n) is 7.04. The molecule has 1 fully saturated rings. The normalized spacial score (nSPS) is 17.6. The molecule has 2 aliphatic rings. The van der Waals surface area contributed by atoms with Gasteiger partial charge in [-0.2, -0.15) is 0 Å². The van der Waals surface area contributed by atoms with Crippen LogP contribution in [0.4, 0.5) is 5.69 Å². The zero-order valence-corrected chi connectivity index (χ0v) is 21.5. The molecule has 0 N–H and O–H groups in total. The molecule has 1 amide bonds. The summed E-state index contributed by atoms with van der Waals surface area (Å²) in [6.45, 7) is 9.45. The zero-order valence-electron chi connectivity index (χ0n) is 19.9. The maximum Gasteiger partial charge on any atom is 0.241 e. The first-order valence-corrected chi connectivity index (χ1v) is 12.4. The average Bonchev–Trinajstić information content (AvgIpc) is 2.99. The molecule has 3 heterocycles. The predicted molar refractivity (Wildman–Crippen MR) is 141 cm³/mol. The van der Waals surface area contributed by atoms with Gasteiger partial charge in [-0.1, -0.05) is 23.7 Å². The van der Waals surface area contributed by atoms with Gasteiger partial charge in [0, 0.05) is 66.4 Å². The molecular formula is C27H33Cl2N3O2. The van der Waals surface area contributed by atoms with E-state index in [0.717, 1.165) is 67.5 Å². The van der Waals surface area contributed by atoms with Gasteiger partial charge in [0.2, 0.25) is 5.91 Å². The highest BCUT2D eigenvalue weighted by Gasteiger charge is 2.27. The van der Waals surface area contributed by atoms with Crippen LogP contribution in [0.1, 0.15) is 37.2 Å². The van der Waals surface area contributed by atoms with Crippen LogP contribution in [0.3, 0.4) is 0 Å². The maximum absolute atomic E-state index is 13.0. The number of carbonyl (C=O) groups excluding carboxylic acids is 1. The van der Waals surface area contributed by atoms with Crippen molar-refractivity contribution in [1.29, 1.82) is 0 Å². The number of piperazine rings is 1. The van der Waals surface area contributed by atoms with E-state index in [2.05, 4.69) is 54.0 Å². The number of halogens is 2. The molecule has 3 aromatic rings. The van der Waals surface area contributed by atoms with Crippen molar-refractivity contribution in [2.45, 2.75) is 45.7 Å². The largest absolute Gasteiger partial charge is 0.461 e. The lowest BCUT2D eigenvalue weighted by Crippen LogP contribution is -2.50. The van der Waals surface area contributed by atoms with Crippen molar-refractivity contribution >= 4 is 46.6 Å². The first-order chi connectivity index (χ1) is 16.0. The Bertz CT molecular complexity index is 1140. The standard InChI is InChI=1S/C27H32ClN3O2.ClH/c1-19(2)30-12-3-4-25-24(17-30)23-10-9-22(16-26(23)33-25)31-15-14-29(18-27(31)32)13-11-20-5-7-21(28)8-6-20;/h5-10,16,19H,3-4,11-15,17-18H2,1-2H3;1H. The monoisotopic (exact) mass is 501 g/mol. The van der Waals surface area contributed by atoms with Crippen LogP contribution in [0.25, 0.3) is 11.0 Å². The number of benzene rings is 2. The van der Waals surface area contributed by atoms with Crippen LogP contribution in [0.15, 0.2) is 46.9 Å². The number of aryl methyl sites for hydroxylation is 1.